The molecule has 0 radical (unpaired) electrons. The standard InChI is InChI=1S/C16H31NO/c1-11(2)8-13(18)10-17-14-15(3,4)12-6-7-16(14,5)9-12/h11-14,17-18H,6-10H2,1-5H3. The number of fused-ring (bicyclic) bond motifs is 2. The number of rotatable bonds is 5. The zero-order chi connectivity index (χ0) is 13.6. The zero-order valence-corrected chi connectivity index (χ0v) is 12.8. The minimum Gasteiger partial charge on any atom is -0.392 e. The summed E-state index contributed by atoms with van der Waals surface area (Å²) in [6.45, 7) is 12.4. The van der Waals surface area contributed by atoms with Gasteiger partial charge >= 0.3 is 0 Å². The first-order chi connectivity index (χ1) is 8.25. The molecule has 0 heterocycles. The lowest BCUT2D eigenvalue weighted by Crippen LogP contribution is -2.52. The van der Waals surface area contributed by atoms with Crippen LogP contribution in [0.4, 0.5) is 0 Å². The smallest absolute Gasteiger partial charge is 0.0667 e. The Morgan fingerprint density at radius 1 is 1.28 bits per heavy atom. The molecule has 2 fully saturated rings. The Morgan fingerprint density at radius 3 is 2.44 bits per heavy atom. The molecule has 0 aromatic rings. The Bertz CT molecular complexity index is 295. The molecule has 2 nitrogen and oxygen atoms in total. The van der Waals surface area contributed by atoms with E-state index in [4.69, 9.17) is 0 Å². The summed E-state index contributed by atoms with van der Waals surface area (Å²) in [7, 11) is 0. The molecule has 2 bridgehead atoms. The summed E-state index contributed by atoms with van der Waals surface area (Å²) in [6, 6.07) is 0.575. The first kappa shape index (κ1) is 14.3. The molecule has 0 spiro atoms. The molecule has 2 saturated carbocycles. The molecule has 18 heavy (non-hydrogen) atoms. The topological polar surface area (TPSA) is 32.3 Å². The Hall–Kier alpha value is -0.0800. The van der Waals surface area contributed by atoms with Gasteiger partial charge in [-0.05, 0) is 48.3 Å². The number of aliphatic hydroxyl groups is 1. The third-order valence-electron chi connectivity index (χ3n) is 5.57. The van der Waals surface area contributed by atoms with E-state index < -0.39 is 0 Å². The van der Waals surface area contributed by atoms with E-state index in [1.165, 1.54) is 19.3 Å². The predicted octanol–water partition coefficient (Wildman–Crippen LogP) is 3.20. The van der Waals surface area contributed by atoms with Crippen LogP contribution in [0.5, 0.6) is 0 Å². The summed E-state index contributed by atoms with van der Waals surface area (Å²) in [5, 5.41) is 13.7. The second-order valence-corrected chi connectivity index (χ2v) is 8.04. The Labute approximate surface area is 113 Å². The van der Waals surface area contributed by atoms with Crippen LogP contribution in [0.2, 0.25) is 0 Å². The van der Waals surface area contributed by atoms with E-state index in [0.29, 0.717) is 22.8 Å². The van der Waals surface area contributed by atoms with E-state index in [1.54, 1.807) is 0 Å². The SMILES string of the molecule is CC(C)CC(O)CNC1C2(C)CCC(C2)C1(C)C. The molecule has 2 rings (SSSR count). The van der Waals surface area contributed by atoms with Crippen LogP contribution in [0.25, 0.3) is 0 Å². The minimum atomic E-state index is -0.191. The second kappa shape index (κ2) is 4.79. The van der Waals surface area contributed by atoms with Gasteiger partial charge in [-0.3, -0.25) is 0 Å². The minimum absolute atomic E-state index is 0.191. The van der Waals surface area contributed by atoms with Crippen LogP contribution < -0.4 is 5.32 Å². The van der Waals surface area contributed by atoms with Crippen molar-refractivity contribution in [2.45, 2.75) is 72.4 Å². The maximum atomic E-state index is 10.0. The molecule has 0 amide bonds. The average Bonchev–Trinajstić information content (AvgIpc) is 2.67. The number of hydrogen-bond acceptors (Lipinski definition) is 2. The quantitative estimate of drug-likeness (QED) is 0.788. The number of aliphatic hydroxyl groups excluding tert-OH is 1. The normalized spacial score (nSPS) is 39.5. The van der Waals surface area contributed by atoms with Crippen molar-refractivity contribution in [2.24, 2.45) is 22.7 Å². The maximum Gasteiger partial charge on any atom is 0.0667 e. The fourth-order valence-corrected chi connectivity index (χ4v) is 4.69. The van der Waals surface area contributed by atoms with E-state index in [2.05, 4.69) is 39.9 Å². The van der Waals surface area contributed by atoms with E-state index in [1.807, 2.05) is 0 Å². The van der Waals surface area contributed by atoms with Crippen molar-refractivity contribution in [1.29, 1.82) is 0 Å². The van der Waals surface area contributed by atoms with Gasteiger partial charge in [0.05, 0.1) is 6.10 Å². The summed E-state index contributed by atoms with van der Waals surface area (Å²) in [5.41, 5.74) is 0.857. The molecular formula is C16H31NO. The van der Waals surface area contributed by atoms with E-state index in [9.17, 15) is 5.11 Å². The Morgan fingerprint density at radius 2 is 1.94 bits per heavy atom. The fraction of sp³-hybridized carbons (Fsp3) is 1.00. The molecule has 106 valence electrons. The van der Waals surface area contributed by atoms with Gasteiger partial charge in [0.15, 0.2) is 0 Å². The lowest BCUT2D eigenvalue weighted by molar-refractivity contribution is 0.0819. The van der Waals surface area contributed by atoms with Crippen molar-refractivity contribution in [1.82, 2.24) is 5.32 Å². The largest absolute Gasteiger partial charge is 0.392 e. The molecule has 4 atom stereocenters. The average molecular weight is 253 g/mol. The highest BCUT2D eigenvalue weighted by Crippen LogP contribution is 2.62. The molecule has 0 aromatic heterocycles. The highest BCUT2D eigenvalue weighted by atomic mass is 16.3. The highest BCUT2D eigenvalue weighted by Gasteiger charge is 2.58. The van der Waals surface area contributed by atoms with Gasteiger partial charge in [-0.2, -0.15) is 0 Å². The number of hydrogen-bond donors (Lipinski definition) is 2. The molecule has 0 aliphatic heterocycles. The lowest BCUT2D eigenvalue weighted by atomic mass is 9.68. The van der Waals surface area contributed by atoms with Crippen LogP contribution >= 0.6 is 0 Å². The third-order valence-corrected chi connectivity index (χ3v) is 5.57. The van der Waals surface area contributed by atoms with E-state index in [-0.39, 0.29) is 6.10 Å². The van der Waals surface area contributed by atoms with E-state index in [0.717, 1.165) is 18.9 Å². The predicted molar refractivity (Wildman–Crippen MR) is 76.5 cm³/mol. The van der Waals surface area contributed by atoms with E-state index >= 15 is 0 Å². The molecule has 2 heteroatoms. The maximum absolute atomic E-state index is 10.0. The Kier molecular flexibility index (Phi) is 3.81. The van der Waals surface area contributed by atoms with Crippen molar-refractivity contribution in [3.63, 3.8) is 0 Å². The molecule has 2 N–H and O–H groups in total. The van der Waals surface area contributed by atoms with Gasteiger partial charge in [0.1, 0.15) is 0 Å². The van der Waals surface area contributed by atoms with Gasteiger partial charge in [-0.1, -0.05) is 34.6 Å². The summed E-state index contributed by atoms with van der Waals surface area (Å²) in [5.74, 6) is 1.45. The van der Waals surface area contributed by atoms with Crippen LogP contribution in [0.15, 0.2) is 0 Å². The fourth-order valence-electron chi connectivity index (χ4n) is 4.69. The monoisotopic (exact) mass is 253 g/mol. The van der Waals surface area contributed by atoms with Gasteiger partial charge in [-0.25, -0.2) is 0 Å². The molecule has 2 aliphatic carbocycles. The summed E-state index contributed by atoms with van der Waals surface area (Å²) >= 11 is 0. The van der Waals surface area contributed by atoms with Crippen molar-refractivity contribution in [2.75, 3.05) is 6.54 Å². The van der Waals surface area contributed by atoms with Crippen LogP contribution in [0.3, 0.4) is 0 Å². The first-order valence-corrected chi connectivity index (χ1v) is 7.67. The molecule has 2 aliphatic rings. The van der Waals surface area contributed by atoms with Crippen LogP contribution in [-0.4, -0.2) is 23.8 Å². The second-order valence-electron chi connectivity index (χ2n) is 8.04. The van der Waals surface area contributed by atoms with Gasteiger partial charge in [0.2, 0.25) is 0 Å². The lowest BCUT2D eigenvalue weighted by Gasteiger charge is -2.43. The third kappa shape index (κ3) is 2.46. The number of nitrogens with one attached hydrogen (secondary N) is 1. The van der Waals surface area contributed by atoms with Gasteiger partial charge in [0.25, 0.3) is 0 Å². The van der Waals surface area contributed by atoms with Gasteiger partial charge in [0, 0.05) is 12.6 Å². The van der Waals surface area contributed by atoms with Crippen molar-refractivity contribution in [3.8, 4) is 0 Å². The van der Waals surface area contributed by atoms with Crippen LogP contribution in [-0.2, 0) is 0 Å². The summed E-state index contributed by atoms with van der Waals surface area (Å²) < 4.78 is 0. The molecule has 0 saturated heterocycles. The first-order valence-electron chi connectivity index (χ1n) is 7.67. The van der Waals surface area contributed by atoms with Gasteiger partial charge in [-0.15, -0.1) is 0 Å². The Balaban J connectivity index is 1.93. The summed E-state index contributed by atoms with van der Waals surface area (Å²) in [4.78, 5) is 0. The highest BCUT2D eigenvalue weighted by molar-refractivity contribution is 5.12. The van der Waals surface area contributed by atoms with Gasteiger partial charge < -0.3 is 10.4 Å². The molecule has 4 unspecified atom stereocenters. The van der Waals surface area contributed by atoms with Crippen LogP contribution in [0.1, 0.15) is 60.3 Å². The molecule has 0 aromatic carbocycles. The van der Waals surface area contributed by atoms with Crippen molar-refractivity contribution in [3.05, 3.63) is 0 Å². The summed E-state index contributed by atoms with van der Waals surface area (Å²) in [6.07, 6.45) is 4.84. The van der Waals surface area contributed by atoms with Crippen molar-refractivity contribution >= 4 is 0 Å². The van der Waals surface area contributed by atoms with Crippen LogP contribution in [0, 0.1) is 22.7 Å². The molecular weight excluding hydrogens is 222 g/mol. The van der Waals surface area contributed by atoms with Crippen molar-refractivity contribution < 1.29 is 5.11 Å². The zero-order valence-electron chi connectivity index (χ0n) is 12.8.